The molecule has 7 heteroatoms. The van der Waals surface area contributed by atoms with E-state index in [9.17, 15) is 14.7 Å². The van der Waals surface area contributed by atoms with E-state index in [2.05, 4.69) is 4.98 Å². The molecule has 3 aromatic rings. The number of methoxy groups -OCH3 is 1. The number of furan rings is 1. The Morgan fingerprint density at radius 1 is 1.24 bits per heavy atom. The number of nitrogens with zero attached hydrogens (tertiary/aromatic N) is 2. The fourth-order valence-electron chi connectivity index (χ4n) is 3.61. The van der Waals surface area contributed by atoms with Crippen LogP contribution in [0.1, 0.15) is 28.6 Å². The van der Waals surface area contributed by atoms with Gasteiger partial charge in [-0.05, 0) is 36.2 Å². The van der Waals surface area contributed by atoms with E-state index < -0.39 is 23.5 Å². The number of ether oxygens (including phenoxy) is 1. The molecule has 0 radical (unpaired) electrons. The third-order valence-corrected chi connectivity index (χ3v) is 4.97. The minimum absolute atomic E-state index is 0.0117. The number of carbonyl (C=O) groups excluding carboxylic acids is 2. The summed E-state index contributed by atoms with van der Waals surface area (Å²) in [5.41, 5.74) is 1.27. The van der Waals surface area contributed by atoms with Gasteiger partial charge in [0.1, 0.15) is 5.58 Å². The van der Waals surface area contributed by atoms with Crippen molar-refractivity contribution in [3.05, 3.63) is 77.5 Å². The summed E-state index contributed by atoms with van der Waals surface area (Å²) < 4.78 is 10.8. The number of pyridine rings is 1. The Morgan fingerprint density at radius 3 is 2.72 bits per heavy atom. The summed E-state index contributed by atoms with van der Waals surface area (Å²) in [5, 5.41) is 11.4. The number of benzene rings is 1. The second kappa shape index (κ2) is 7.89. The number of hydrogen-bond donors (Lipinski definition) is 1. The number of fused-ring (bicyclic) bond motifs is 1. The van der Waals surface area contributed by atoms with Gasteiger partial charge in [-0.2, -0.15) is 0 Å². The maximum Gasteiger partial charge on any atom is 0.290 e. The summed E-state index contributed by atoms with van der Waals surface area (Å²) in [6.07, 6.45) is 3.75. The number of aliphatic hydroxyl groups excluding tert-OH is 1. The maximum absolute atomic E-state index is 13.3. The van der Waals surface area contributed by atoms with Gasteiger partial charge in [-0.15, -0.1) is 0 Å². The minimum Gasteiger partial charge on any atom is -0.503 e. The molecule has 0 saturated heterocycles. The van der Waals surface area contributed by atoms with E-state index in [1.165, 1.54) is 4.90 Å². The van der Waals surface area contributed by atoms with Crippen LogP contribution in [0.15, 0.2) is 70.6 Å². The molecule has 0 saturated carbocycles. The average molecular weight is 392 g/mol. The lowest BCUT2D eigenvalue weighted by atomic mass is 9.95. The van der Waals surface area contributed by atoms with Crippen molar-refractivity contribution in [2.24, 2.45) is 0 Å². The maximum atomic E-state index is 13.3. The molecule has 0 fully saturated rings. The van der Waals surface area contributed by atoms with Gasteiger partial charge < -0.3 is 19.2 Å². The van der Waals surface area contributed by atoms with Crippen LogP contribution in [0, 0.1) is 0 Å². The number of rotatable bonds is 7. The summed E-state index contributed by atoms with van der Waals surface area (Å²) in [6, 6.07) is 11.6. The van der Waals surface area contributed by atoms with Crippen molar-refractivity contribution in [1.29, 1.82) is 0 Å². The monoisotopic (exact) mass is 392 g/mol. The molecule has 29 heavy (non-hydrogen) atoms. The van der Waals surface area contributed by atoms with Crippen LogP contribution < -0.4 is 0 Å². The number of hydrogen-bond acceptors (Lipinski definition) is 6. The molecule has 148 valence electrons. The number of Topliss-reactive ketones (excluding diaryl/α,β-unsaturated/α-hetero) is 1. The van der Waals surface area contributed by atoms with Crippen LogP contribution in [0.2, 0.25) is 0 Å². The summed E-state index contributed by atoms with van der Waals surface area (Å²) in [6.45, 7) is 0.793. The molecule has 0 aliphatic carbocycles. The number of para-hydroxylation sites is 1. The highest BCUT2D eigenvalue weighted by atomic mass is 16.5. The number of aliphatic hydroxyl groups is 1. The Kier molecular flexibility index (Phi) is 5.14. The molecular weight excluding hydrogens is 372 g/mol. The highest BCUT2D eigenvalue weighted by Gasteiger charge is 2.44. The van der Waals surface area contributed by atoms with E-state index in [4.69, 9.17) is 9.15 Å². The lowest BCUT2D eigenvalue weighted by Gasteiger charge is -2.26. The van der Waals surface area contributed by atoms with E-state index in [0.29, 0.717) is 30.7 Å². The SMILES string of the molecule is COCCCN1C(=O)C(O)=C(C(=O)c2cc3ccccc3o2)C1c1ccncc1. The second-order valence-corrected chi connectivity index (χ2v) is 6.77. The van der Waals surface area contributed by atoms with Crippen LogP contribution in [0.25, 0.3) is 11.0 Å². The van der Waals surface area contributed by atoms with Gasteiger partial charge in [0, 0.05) is 38.0 Å². The standard InChI is InChI=1S/C22H20N2O5/c1-28-12-4-11-24-19(14-7-9-23-10-8-14)18(21(26)22(24)27)20(25)17-13-15-5-2-3-6-16(15)29-17/h2-3,5-10,13,19,26H,4,11-12H2,1H3. The smallest absolute Gasteiger partial charge is 0.290 e. The molecule has 1 aromatic carbocycles. The van der Waals surface area contributed by atoms with Crippen molar-refractivity contribution in [2.75, 3.05) is 20.3 Å². The molecule has 1 atom stereocenters. The molecule has 7 nitrogen and oxygen atoms in total. The highest BCUT2D eigenvalue weighted by Crippen LogP contribution is 2.39. The number of ketones is 1. The van der Waals surface area contributed by atoms with Gasteiger partial charge in [-0.3, -0.25) is 14.6 Å². The van der Waals surface area contributed by atoms with Gasteiger partial charge in [-0.1, -0.05) is 18.2 Å². The Bertz CT molecular complexity index is 1050. The van der Waals surface area contributed by atoms with Gasteiger partial charge in [0.15, 0.2) is 11.5 Å². The van der Waals surface area contributed by atoms with E-state index in [-0.39, 0.29) is 11.3 Å². The second-order valence-electron chi connectivity index (χ2n) is 6.77. The van der Waals surface area contributed by atoms with Crippen molar-refractivity contribution in [3.63, 3.8) is 0 Å². The fourth-order valence-corrected chi connectivity index (χ4v) is 3.61. The van der Waals surface area contributed by atoms with Crippen LogP contribution >= 0.6 is 0 Å². The van der Waals surface area contributed by atoms with Crippen molar-refractivity contribution in [2.45, 2.75) is 12.5 Å². The van der Waals surface area contributed by atoms with E-state index in [1.807, 2.05) is 18.2 Å². The first kappa shape index (κ1) is 18.9. The molecule has 1 aliphatic rings. The van der Waals surface area contributed by atoms with Crippen LogP contribution in [-0.2, 0) is 9.53 Å². The molecular formula is C22H20N2O5. The normalized spacial score (nSPS) is 16.8. The first-order valence-corrected chi connectivity index (χ1v) is 9.28. The van der Waals surface area contributed by atoms with E-state index >= 15 is 0 Å². The molecule has 0 bridgehead atoms. The molecule has 4 rings (SSSR count). The van der Waals surface area contributed by atoms with Crippen LogP contribution in [-0.4, -0.2) is 46.9 Å². The van der Waals surface area contributed by atoms with Crippen molar-refractivity contribution >= 4 is 22.7 Å². The zero-order chi connectivity index (χ0) is 20.4. The van der Waals surface area contributed by atoms with E-state index in [0.717, 1.165) is 5.39 Å². The largest absolute Gasteiger partial charge is 0.503 e. The molecule has 1 N–H and O–H groups in total. The fraction of sp³-hybridized carbons (Fsp3) is 0.227. The predicted octanol–water partition coefficient (Wildman–Crippen LogP) is 3.44. The Balaban J connectivity index is 1.75. The quantitative estimate of drug-likeness (QED) is 0.489. The van der Waals surface area contributed by atoms with Gasteiger partial charge in [0.2, 0.25) is 5.78 Å². The topological polar surface area (TPSA) is 92.9 Å². The third kappa shape index (κ3) is 3.40. The van der Waals surface area contributed by atoms with Crippen molar-refractivity contribution < 1.29 is 23.8 Å². The summed E-state index contributed by atoms with van der Waals surface area (Å²) in [5.74, 6) is -1.56. The van der Waals surface area contributed by atoms with Gasteiger partial charge in [0.05, 0.1) is 11.6 Å². The first-order chi connectivity index (χ1) is 14.1. The van der Waals surface area contributed by atoms with Crippen molar-refractivity contribution in [3.8, 4) is 0 Å². The van der Waals surface area contributed by atoms with Crippen molar-refractivity contribution in [1.82, 2.24) is 9.88 Å². The summed E-state index contributed by atoms with van der Waals surface area (Å²) >= 11 is 0. The van der Waals surface area contributed by atoms with Crippen LogP contribution in [0.5, 0.6) is 0 Å². The van der Waals surface area contributed by atoms with Crippen LogP contribution in [0.3, 0.4) is 0 Å². The zero-order valence-corrected chi connectivity index (χ0v) is 15.9. The summed E-state index contributed by atoms with van der Waals surface area (Å²) in [7, 11) is 1.58. The van der Waals surface area contributed by atoms with Gasteiger partial charge >= 0.3 is 0 Å². The molecule has 1 aliphatic heterocycles. The average Bonchev–Trinajstić information content (AvgIpc) is 3.29. The minimum atomic E-state index is -0.719. The zero-order valence-electron chi connectivity index (χ0n) is 15.9. The number of carbonyl (C=O) groups is 2. The lowest BCUT2D eigenvalue weighted by molar-refractivity contribution is -0.129. The molecule has 1 amide bonds. The first-order valence-electron chi connectivity index (χ1n) is 9.28. The third-order valence-electron chi connectivity index (χ3n) is 4.97. The van der Waals surface area contributed by atoms with Crippen LogP contribution in [0.4, 0.5) is 0 Å². The Morgan fingerprint density at radius 2 is 2.00 bits per heavy atom. The molecule has 1 unspecified atom stereocenters. The molecule has 2 aromatic heterocycles. The predicted molar refractivity (Wildman–Crippen MR) is 105 cm³/mol. The Hall–Kier alpha value is -3.45. The highest BCUT2D eigenvalue weighted by molar-refractivity contribution is 6.15. The van der Waals surface area contributed by atoms with Gasteiger partial charge in [-0.25, -0.2) is 0 Å². The van der Waals surface area contributed by atoms with E-state index in [1.54, 1.807) is 43.8 Å². The number of amides is 1. The summed E-state index contributed by atoms with van der Waals surface area (Å²) in [4.78, 5) is 31.6. The number of aromatic nitrogens is 1. The molecule has 3 heterocycles. The van der Waals surface area contributed by atoms with Gasteiger partial charge in [0.25, 0.3) is 5.91 Å². The molecule has 0 spiro atoms. The lowest BCUT2D eigenvalue weighted by Crippen LogP contribution is -2.32. The Labute approximate surface area is 167 Å².